The number of aromatic nitrogens is 1. The average molecular weight is 288 g/mol. The lowest BCUT2D eigenvalue weighted by Gasteiger charge is -2.09. The first kappa shape index (κ1) is 10.7. The number of rotatable bonds is 2. The van der Waals surface area contributed by atoms with Gasteiger partial charge in [0.05, 0.1) is 0 Å². The van der Waals surface area contributed by atoms with Crippen LogP contribution < -0.4 is 0 Å². The highest BCUT2D eigenvalue weighted by Crippen LogP contribution is 2.27. The normalized spacial score (nSPS) is 12.7. The van der Waals surface area contributed by atoms with Crippen LogP contribution in [-0.2, 0) is 0 Å². The molecule has 1 aromatic heterocycles. The van der Waals surface area contributed by atoms with Gasteiger partial charge in [0.2, 0.25) is 0 Å². The van der Waals surface area contributed by atoms with Crippen molar-refractivity contribution >= 4 is 27.3 Å². The first-order valence-electron chi connectivity index (χ1n) is 4.21. The van der Waals surface area contributed by atoms with E-state index in [4.69, 9.17) is 0 Å². The SMILES string of the molecule is OC(c1nccs1)c1cc(Br)ccc1F. The minimum Gasteiger partial charge on any atom is -0.381 e. The molecule has 2 rings (SSSR count). The van der Waals surface area contributed by atoms with Crippen LogP contribution in [0.15, 0.2) is 34.2 Å². The number of aliphatic hydroxyl groups is 1. The highest BCUT2D eigenvalue weighted by atomic mass is 79.9. The van der Waals surface area contributed by atoms with Gasteiger partial charge in [-0.3, -0.25) is 0 Å². The van der Waals surface area contributed by atoms with E-state index in [1.165, 1.54) is 17.4 Å². The molecule has 1 unspecified atom stereocenters. The summed E-state index contributed by atoms with van der Waals surface area (Å²) >= 11 is 4.53. The van der Waals surface area contributed by atoms with Crippen LogP contribution >= 0.6 is 27.3 Å². The second kappa shape index (κ2) is 4.38. The van der Waals surface area contributed by atoms with E-state index in [0.717, 1.165) is 4.47 Å². The van der Waals surface area contributed by atoms with E-state index in [1.54, 1.807) is 23.7 Å². The van der Waals surface area contributed by atoms with Crippen LogP contribution in [0.5, 0.6) is 0 Å². The summed E-state index contributed by atoms with van der Waals surface area (Å²) in [5.74, 6) is -0.430. The van der Waals surface area contributed by atoms with Crippen molar-refractivity contribution < 1.29 is 9.50 Å². The number of nitrogens with zero attached hydrogens (tertiary/aromatic N) is 1. The third-order valence-electron chi connectivity index (χ3n) is 1.94. The van der Waals surface area contributed by atoms with Crippen molar-refractivity contribution in [2.24, 2.45) is 0 Å². The Balaban J connectivity index is 2.41. The van der Waals surface area contributed by atoms with Gasteiger partial charge in [-0.25, -0.2) is 9.37 Å². The molecule has 2 aromatic rings. The van der Waals surface area contributed by atoms with Gasteiger partial charge in [-0.15, -0.1) is 11.3 Å². The Kier molecular flexibility index (Phi) is 3.14. The molecule has 15 heavy (non-hydrogen) atoms. The standard InChI is InChI=1S/C10H7BrFNOS/c11-6-1-2-8(12)7(5-6)9(14)10-13-3-4-15-10/h1-5,9,14H. The largest absolute Gasteiger partial charge is 0.381 e. The molecule has 5 heteroatoms. The number of hydrogen-bond donors (Lipinski definition) is 1. The molecule has 1 atom stereocenters. The quantitative estimate of drug-likeness (QED) is 0.921. The Morgan fingerprint density at radius 2 is 2.27 bits per heavy atom. The Hall–Kier alpha value is -0.780. The smallest absolute Gasteiger partial charge is 0.133 e. The minimum absolute atomic E-state index is 0.235. The van der Waals surface area contributed by atoms with Gasteiger partial charge in [-0.05, 0) is 18.2 Å². The van der Waals surface area contributed by atoms with Crippen molar-refractivity contribution in [3.05, 3.63) is 50.6 Å². The van der Waals surface area contributed by atoms with Crippen LogP contribution in [0.2, 0.25) is 0 Å². The van der Waals surface area contributed by atoms with E-state index in [9.17, 15) is 9.50 Å². The maximum atomic E-state index is 13.4. The van der Waals surface area contributed by atoms with Crippen molar-refractivity contribution in [2.75, 3.05) is 0 Å². The lowest BCUT2D eigenvalue weighted by Crippen LogP contribution is -2.01. The third kappa shape index (κ3) is 2.25. The van der Waals surface area contributed by atoms with E-state index in [-0.39, 0.29) is 5.56 Å². The van der Waals surface area contributed by atoms with Crippen LogP contribution in [0, 0.1) is 5.82 Å². The maximum absolute atomic E-state index is 13.4. The third-order valence-corrected chi connectivity index (χ3v) is 3.26. The Morgan fingerprint density at radius 3 is 2.93 bits per heavy atom. The molecule has 1 aromatic carbocycles. The lowest BCUT2D eigenvalue weighted by molar-refractivity contribution is 0.214. The summed E-state index contributed by atoms with van der Waals surface area (Å²) in [4.78, 5) is 3.95. The predicted octanol–water partition coefficient (Wildman–Crippen LogP) is 3.13. The van der Waals surface area contributed by atoms with Crippen molar-refractivity contribution in [3.63, 3.8) is 0 Å². The topological polar surface area (TPSA) is 33.1 Å². The van der Waals surface area contributed by atoms with E-state index in [2.05, 4.69) is 20.9 Å². The van der Waals surface area contributed by atoms with E-state index < -0.39 is 11.9 Å². The molecule has 0 aliphatic carbocycles. The van der Waals surface area contributed by atoms with Crippen molar-refractivity contribution in [1.82, 2.24) is 4.98 Å². The van der Waals surface area contributed by atoms with Crippen molar-refractivity contribution in [2.45, 2.75) is 6.10 Å². The van der Waals surface area contributed by atoms with Gasteiger partial charge in [0.25, 0.3) is 0 Å². The molecule has 0 fully saturated rings. The maximum Gasteiger partial charge on any atom is 0.133 e. The van der Waals surface area contributed by atoms with Gasteiger partial charge >= 0.3 is 0 Å². The molecule has 1 N–H and O–H groups in total. The second-order valence-corrected chi connectivity index (χ2v) is 4.78. The number of benzene rings is 1. The summed E-state index contributed by atoms with van der Waals surface area (Å²) in [5, 5.41) is 12.1. The molecule has 1 heterocycles. The highest BCUT2D eigenvalue weighted by Gasteiger charge is 2.17. The molecule has 0 amide bonds. The zero-order valence-electron chi connectivity index (χ0n) is 7.52. The second-order valence-electron chi connectivity index (χ2n) is 2.94. The fraction of sp³-hybridized carbons (Fsp3) is 0.100. The lowest BCUT2D eigenvalue weighted by atomic mass is 10.1. The molecule has 2 nitrogen and oxygen atoms in total. The van der Waals surface area contributed by atoms with Crippen LogP contribution in [0.25, 0.3) is 0 Å². The number of hydrogen-bond acceptors (Lipinski definition) is 3. The van der Waals surface area contributed by atoms with Crippen molar-refractivity contribution in [3.8, 4) is 0 Å². The van der Waals surface area contributed by atoms with E-state index >= 15 is 0 Å². The number of aliphatic hydroxyl groups excluding tert-OH is 1. The molecular weight excluding hydrogens is 281 g/mol. The summed E-state index contributed by atoms with van der Waals surface area (Å²) in [6.07, 6.45) is 0.585. The van der Waals surface area contributed by atoms with Gasteiger partial charge in [-0.1, -0.05) is 15.9 Å². The van der Waals surface area contributed by atoms with Gasteiger partial charge in [0.1, 0.15) is 16.9 Å². The van der Waals surface area contributed by atoms with E-state index in [0.29, 0.717) is 5.01 Å². The Morgan fingerprint density at radius 1 is 1.47 bits per heavy atom. The van der Waals surface area contributed by atoms with Gasteiger partial charge < -0.3 is 5.11 Å². The average Bonchev–Trinajstić information content (AvgIpc) is 2.74. The Bertz CT molecular complexity index is 460. The molecule has 0 bridgehead atoms. The molecule has 0 spiro atoms. The van der Waals surface area contributed by atoms with Gasteiger partial charge in [0, 0.05) is 21.6 Å². The summed E-state index contributed by atoms with van der Waals surface area (Å²) < 4.78 is 14.1. The number of halogens is 2. The molecule has 0 radical (unpaired) electrons. The molecule has 0 saturated carbocycles. The predicted molar refractivity (Wildman–Crippen MR) is 60.3 cm³/mol. The molecule has 78 valence electrons. The fourth-order valence-corrected chi connectivity index (χ4v) is 2.24. The number of thiazole rings is 1. The summed E-state index contributed by atoms with van der Waals surface area (Å²) in [5.41, 5.74) is 0.235. The summed E-state index contributed by atoms with van der Waals surface area (Å²) in [6.45, 7) is 0. The molecule has 0 aliphatic heterocycles. The summed E-state index contributed by atoms with van der Waals surface area (Å²) in [6, 6.07) is 4.46. The monoisotopic (exact) mass is 287 g/mol. The molecule has 0 aliphatic rings. The Labute approximate surface area is 98.5 Å². The molecule has 0 saturated heterocycles. The van der Waals surface area contributed by atoms with Crippen LogP contribution in [0.4, 0.5) is 4.39 Å². The first-order valence-corrected chi connectivity index (χ1v) is 5.88. The highest BCUT2D eigenvalue weighted by molar-refractivity contribution is 9.10. The van der Waals surface area contributed by atoms with E-state index in [1.807, 2.05) is 0 Å². The zero-order chi connectivity index (χ0) is 10.8. The fourth-order valence-electron chi connectivity index (χ4n) is 1.23. The van der Waals surface area contributed by atoms with Crippen LogP contribution in [-0.4, -0.2) is 10.1 Å². The minimum atomic E-state index is -0.998. The first-order chi connectivity index (χ1) is 7.18. The summed E-state index contributed by atoms with van der Waals surface area (Å²) in [7, 11) is 0. The molecular formula is C10H7BrFNOS. The van der Waals surface area contributed by atoms with Gasteiger partial charge in [0.15, 0.2) is 0 Å². The van der Waals surface area contributed by atoms with Crippen LogP contribution in [0.3, 0.4) is 0 Å². The zero-order valence-corrected chi connectivity index (χ0v) is 9.93. The van der Waals surface area contributed by atoms with Gasteiger partial charge in [-0.2, -0.15) is 0 Å². The van der Waals surface area contributed by atoms with Crippen LogP contribution in [0.1, 0.15) is 16.7 Å². The van der Waals surface area contributed by atoms with Crippen molar-refractivity contribution in [1.29, 1.82) is 0 Å².